The molecule has 0 fully saturated rings. The van der Waals surface area contributed by atoms with Crippen LogP contribution in [0.15, 0.2) is 30.3 Å². The van der Waals surface area contributed by atoms with E-state index in [2.05, 4.69) is 0 Å². The fraction of sp³-hybridized carbons (Fsp3) is 0.167. The molecular weight excluding hydrogens is 203 g/mol. The standard InChI is InChI=1S/C12H13BO3/c1-8-3-5-10-9(7-8)4-6-11(13(14)15)12(10)16-2/h3-7,14-15H,1-2H3. The van der Waals surface area contributed by atoms with Gasteiger partial charge in [-0.2, -0.15) is 0 Å². The summed E-state index contributed by atoms with van der Waals surface area (Å²) in [5.41, 5.74) is 1.55. The molecule has 0 aliphatic rings. The molecule has 0 radical (unpaired) electrons. The van der Waals surface area contributed by atoms with Crippen molar-refractivity contribution in [1.29, 1.82) is 0 Å². The maximum Gasteiger partial charge on any atom is 0.492 e. The Bertz CT molecular complexity index is 523. The summed E-state index contributed by atoms with van der Waals surface area (Å²) in [6.07, 6.45) is 0. The van der Waals surface area contributed by atoms with Crippen molar-refractivity contribution < 1.29 is 14.8 Å². The molecule has 2 aromatic rings. The van der Waals surface area contributed by atoms with Crippen LogP contribution in [0.1, 0.15) is 5.56 Å². The van der Waals surface area contributed by atoms with E-state index in [1.54, 1.807) is 6.07 Å². The summed E-state index contributed by atoms with van der Waals surface area (Å²) >= 11 is 0. The molecular formula is C12H13BO3. The van der Waals surface area contributed by atoms with Gasteiger partial charge in [0.25, 0.3) is 0 Å². The number of benzene rings is 2. The van der Waals surface area contributed by atoms with Gasteiger partial charge < -0.3 is 14.8 Å². The molecule has 82 valence electrons. The predicted molar refractivity (Wildman–Crippen MR) is 65.1 cm³/mol. The van der Waals surface area contributed by atoms with Gasteiger partial charge in [-0.05, 0) is 12.3 Å². The molecule has 0 bridgehead atoms. The Kier molecular flexibility index (Phi) is 2.85. The summed E-state index contributed by atoms with van der Waals surface area (Å²) in [4.78, 5) is 0. The molecule has 0 saturated carbocycles. The summed E-state index contributed by atoms with van der Waals surface area (Å²) in [7, 11) is 0.0150. The zero-order valence-corrected chi connectivity index (χ0v) is 9.27. The highest BCUT2D eigenvalue weighted by Gasteiger charge is 2.18. The SMILES string of the molecule is COc1c(B(O)O)ccc2cc(C)ccc12. The molecule has 0 aliphatic heterocycles. The van der Waals surface area contributed by atoms with Crippen molar-refractivity contribution >= 4 is 23.4 Å². The number of ether oxygens (including phenoxy) is 1. The van der Waals surface area contributed by atoms with Crippen LogP contribution in [0.2, 0.25) is 0 Å². The van der Waals surface area contributed by atoms with Crippen LogP contribution in [0.3, 0.4) is 0 Å². The van der Waals surface area contributed by atoms with E-state index in [1.165, 1.54) is 7.11 Å². The number of aryl methyl sites for hydroxylation is 1. The van der Waals surface area contributed by atoms with Crippen LogP contribution in [0.25, 0.3) is 10.8 Å². The van der Waals surface area contributed by atoms with Crippen LogP contribution in [-0.4, -0.2) is 24.3 Å². The van der Waals surface area contributed by atoms with Gasteiger partial charge in [0.1, 0.15) is 5.75 Å². The second kappa shape index (κ2) is 4.16. The van der Waals surface area contributed by atoms with Crippen molar-refractivity contribution in [1.82, 2.24) is 0 Å². The van der Waals surface area contributed by atoms with Crippen molar-refractivity contribution in [3.05, 3.63) is 35.9 Å². The fourth-order valence-electron chi connectivity index (χ4n) is 1.87. The first kappa shape index (κ1) is 11.0. The Morgan fingerprint density at radius 1 is 1.12 bits per heavy atom. The van der Waals surface area contributed by atoms with Crippen LogP contribution in [0, 0.1) is 6.92 Å². The second-order valence-electron chi connectivity index (χ2n) is 3.79. The summed E-state index contributed by atoms with van der Waals surface area (Å²) in [6.45, 7) is 2.01. The highest BCUT2D eigenvalue weighted by molar-refractivity contribution is 6.60. The molecule has 0 atom stereocenters. The zero-order chi connectivity index (χ0) is 11.7. The van der Waals surface area contributed by atoms with E-state index in [0.29, 0.717) is 11.2 Å². The molecule has 0 aliphatic carbocycles. The lowest BCUT2D eigenvalue weighted by molar-refractivity contribution is 0.406. The highest BCUT2D eigenvalue weighted by atomic mass is 16.5. The van der Waals surface area contributed by atoms with Gasteiger partial charge in [0.15, 0.2) is 0 Å². The first-order valence-electron chi connectivity index (χ1n) is 5.07. The van der Waals surface area contributed by atoms with E-state index in [0.717, 1.165) is 16.3 Å². The third-order valence-corrected chi connectivity index (χ3v) is 2.64. The number of methoxy groups -OCH3 is 1. The predicted octanol–water partition coefficient (Wildman–Crippen LogP) is 0.837. The smallest absolute Gasteiger partial charge is 0.492 e. The minimum absolute atomic E-state index is 0.388. The van der Waals surface area contributed by atoms with Crippen LogP contribution < -0.4 is 10.2 Å². The molecule has 4 heteroatoms. The zero-order valence-electron chi connectivity index (χ0n) is 9.27. The Labute approximate surface area is 94.4 Å². The highest BCUT2D eigenvalue weighted by Crippen LogP contribution is 2.24. The number of hydrogen-bond donors (Lipinski definition) is 2. The molecule has 16 heavy (non-hydrogen) atoms. The van der Waals surface area contributed by atoms with E-state index in [4.69, 9.17) is 4.74 Å². The van der Waals surface area contributed by atoms with Crippen LogP contribution in [0.5, 0.6) is 5.75 Å². The summed E-state index contributed by atoms with van der Waals surface area (Å²) < 4.78 is 5.24. The number of rotatable bonds is 2. The number of fused-ring (bicyclic) bond motifs is 1. The maximum atomic E-state index is 9.23. The third kappa shape index (κ3) is 1.77. The van der Waals surface area contributed by atoms with Gasteiger partial charge >= 0.3 is 7.12 Å². The van der Waals surface area contributed by atoms with E-state index in [9.17, 15) is 10.0 Å². The average Bonchev–Trinajstić information content (AvgIpc) is 2.26. The van der Waals surface area contributed by atoms with Gasteiger partial charge in [-0.15, -0.1) is 0 Å². The normalized spacial score (nSPS) is 10.5. The minimum Gasteiger partial charge on any atom is -0.496 e. The van der Waals surface area contributed by atoms with E-state index < -0.39 is 7.12 Å². The van der Waals surface area contributed by atoms with Gasteiger partial charge in [0, 0.05) is 10.8 Å². The molecule has 2 rings (SSSR count). The molecule has 0 amide bonds. The van der Waals surface area contributed by atoms with Gasteiger partial charge in [-0.25, -0.2) is 0 Å². The Morgan fingerprint density at radius 2 is 1.88 bits per heavy atom. The van der Waals surface area contributed by atoms with Gasteiger partial charge in [-0.3, -0.25) is 0 Å². The van der Waals surface area contributed by atoms with Gasteiger partial charge in [-0.1, -0.05) is 35.9 Å². The summed E-state index contributed by atoms with van der Waals surface area (Å²) in [6, 6.07) is 9.46. The average molecular weight is 216 g/mol. The monoisotopic (exact) mass is 216 g/mol. The molecule has 0 aromatic heterocycles. The largest absolute Gasteiger partial charge is 0.496 e. The first-order chi connectivity index (χ1) is 7.63. The lowest BCUT2D eigenvalue weighted by Gasteiger charge is -2.11. The second-order valence-corrected chi connectivity index (χ2v) is 3.79. The van der Waals surface area contributed by atoms with E-state index >= 15 is 0 Å². The van der Waals surface area contributed by atoms with Crippen LogP contribution in [0.4, 0.5) is 0 Å². The third-order valence-electron chi connectivity index (χ3n) is 2.64. The Balaban J connectivity index is 2.75. The lowest BCUT2D eigenvalue weighted by Crippen LogP contribution is -2.31. The minimum atomic E-state index is -1.51. The first-order valence-corrected chi connectivity index (χ1v) is 5.07. The van der Waals surface area contributed by atoms with Crippen LogP contribution in [-0.2, 0) is 0 Å². The molecule has 0 saturated heterocycles. The van der Waals surface area contributed by atoms with Crippen molar-refractivity contribution in [2.24, 2.45) is 0 Å². The summed E-state index contributed by atoms with van der Waals surface area (Å²) in [5, 5.41) is 20.4. The molecule has 0 spiro atoms. The molecule has 2 N–H and O–H groups in total. The maximum absolute atomic E-state index is 9.23. The summed E-state index contributed by atoms with van der Waals surface area (Å²) in [5.74, 6) is 0.521. The van der Waals surface area contributed by atoms with Crippen molar-refractivity contribution in [3.63, 3.8) is 0 Å². The van der Waals surface area contributed by atoms with Gasteiger partial charge in [0.05, 0.1) is 7.11 Å². The lowest BCUT2D eigenvalue weighted by atomic mass is 9.78. The Morgan fingerprint density at radius 3 is 2.50 bits per heavy atom. The van der Waals surface area contributed by atoms with Crippen molar-refractivity contribution in [3.8, 4) is 5.75 Å². The molecule has 0 unspecified atom stereocenters. The quantitative estimate of drug-likeness (QED) is 0.731. The van der Waals surface area contributed by atoms with Gasteiger partial charge in [0.2, 0.25) is 0 Å². The van der Waals surface area contributed by atoms with E-state index in [1.807, 2.05) is 31.2 Å². The fourth-order valence-corrected chi connectivity index (χ4v) is 1.87. The van der Waals surface area contributed by atoms with Crippen molar-refractivity contribution in [2.45, 2.75) is 6.92 Å². The molecule has 2 aromatic carbocycles. The topological polar surface area (TPSA) is 49.7 Å². The van der Waals surface area contributed by atoms with Crippen molar-refractivity contribution in [2.75, 3.05) is 7.11 Å². The molecule has 3 nitrogen and oxygen atoms in total. The Hall–Kier alpha value is -1.52. The van der Waals surface area contributed by atoms with Crippen LogP contribution >= 0.6 is 0 Å². The van der Waals surface area contributed by atoms with E-state index in [-0.39, 0.29) is 0 Å². The number of hydrogen-bond acceptors (Lipinski definition) is 3. The molecule has 0 heterocycles.